The summed E-state index contributed by atoms with van der Waals surface area (Å²) >= 11 is 0. The SMILES string of the molecule is CCOc1ccc(OC(C)CNC(C)(C)C)cc1. The summed E-state index contributed by atoms with van der Waals surface area (Å²) in [6.07, 6.45) is 0.141. The lowest BCUT2D eigenvalue weighted by Crippen LogP contribution is -2.41. The van der Waals surface area contributed by atoms with Crippen molar-refractivity contribution in [1.29, 1.82) is 0 Å². The third-order valence-electron chi connectivity index (χ3n) is 2.39. The summed E-state index contributed by atoms with van der Waals surface area (Å²) in [5.74, 6) is 1.76. The molecule has 18 heavy (non-hydrogen) atoms. The number of ether oxygens (including phenoxy) is 2. The molecule has 1 atom stereocenters. The van der Waals surface area contributed by atoms with Crippen molar-refractivity contribution in [3.8, 4) is 11.5 Å². The van der Waals surface area contributed by atoms with Crippen LogP contribution in [0.3, 0.4) is 0 Å². The Morgan fingerprint density at radius 1 is 1.11 bits per heavy atom. The molecule has 0 amide bonds. The maximum atomic E-state index is 5.82. The van der Waals surface area contributed by atoms with Crippen LogP contribution in [-0.4, -0.2) is 24.8 Å². The van der Waals surface area contributed by atoms with Crippen LogP contribution in [0.15, 0.2) is 24.3 Å². The smallest absolute Gasteiger partial charge is 0.120 e. The van der Waals surface area contributed by atoms with E-state index >= 15 is 0 Å². The maximum Gasteiger partial charge on any atom is 0.120 e. The van der Waals surface area contributed by atoms with Crippen molar-refractivity contribution in [1.82, 2.24) is 5.32 Å². The summed E-state index contributed by atoms with van der Waals surface area (Å²) in [5, 5.41) is 3.42. The van der Waals surface area contributed by atoms with Crippen LogP contribution >= 0.6 is 0 Å². The zero-order valence-electron chi connectivity index (χ0n) is 12.1. The fraction of sp³-hybridized carbons (Fsp3) is 0.600. The van der Waals surface area contributed by atoms with Crippen LogP contribution in [0, 0.1) is 0 Å². The number of rotatable bonds is 6. The summed E-state index contributed by atoms with van der Waals surface area (Å²) in [6, 6.07) is 7.75. The molecule has 102 valence electrons. The van der Waals surface area contributed by atoms with Crippen LogP contribution in [0.5, 0.6) is 11.5 Å². The summed E-state index contributed by atoms with van der Waals surface area (Å²) in [5.41, 5.74) is 0.121. The van der Waals surface area contributed by atoms with Gasteiger partial charge in [0.25, 0.3) is 0 Å². The molecule has 3 nitrogen and oxygen atoms in total. The van der Waals surface area contributed by atoms with E-state index in [1.54, 1.807) is 0 Å². The Morgan fingerprint density at radius 3 is 2.17 bits per heavy atom. The Kier molecular flexibility index (Phi) is 5.48. The van der Waals surface area contributed by atoms with E-state index in [4.69, 9.17) is 9.47 Å². The first-order chi connectivity index (χ1) is 8.40. The van der Waals surface area contributed by atoms with E-state index in [1.807, 2.05) is 31.2 Å². The highest BCUT2D eigenvalue weighted by molar-refractivity contribution is 5.31. The lowest BCUT2D eigenvalue weighted by molar-refractivity contribution is 0.203. The third kappa shape index (κ3) is 5.92. The third-order valence-corrected chi connectivity index (χ3v) is 2.39. The first kappa shape index (κ1) is 14.8. The molecule has 0 aliphatic rings. The van der Waals surface area contributed by atoms with Crippen molar-refractivity contribution < 1.29 is 9.47 Å². The predicted molar refractivity (Wildman–Crippen MR) is 75.5 cm³/mol. The van der Waals surface area contributed by atoms with Gasteiger partial charge in [-0.3, -0.25) is 0 Å². The van der Waals surface area contributed by atoms with Gasteiger partial charge < -0.3 is 14.8 Å². The molecule has 0 fully saturated rings. The molecule has 3 heteroatoms. The van der Waals surface area contributed by atoms with Gasteiger partial charge in [-0.1, -0.05) is 0 Å². The first-order valence-corrected chi connectivity index (χ1v) is 6.55. The molecular formula is C15H25NO2. The lowest BCUT2D eigenvalue weighted by atomic mass is 10.1. The molecule has 0 aliphatic heterocycles. The highest BCUT2D eigenvalue weighted by Gasteiger charge is 2.11. The minimum atomic E-state index is 0.121. The monoisotopic (exact) mass is 251 g/mol. The average molecular weight is 251 g/mol. The Balaban J connectivity index is 2.41. The van der Waals surface area contributed by atoms with Gasteiger partial charge in [-0.15, -0.1) is 0 Å². The molecule has 1 unspecified atom stereocenters. The molecule has 0 heterocycles. The highest BCUT2D eigenvalue weighted by Crippen LogP contribution is 2.18. The van der Waals surface area contributed by atoms with Gasteiger partial charge in [-0.05, 0) is 58.9 Å². The molecule has 0 aliphatic carbocycles. The van der Waals surface area contributed by atoms with E-state index in [9.17, 15) is 0 Å². The molecule has 0 bridgehead atoms. The standard InChI is InChI=1S/C15H25NO2/c1-6-17-13-7-9-14(10-8-13)18-12(2)11-16-15(3,4)5/h7-10,12,16H,6,11H2,1-5H3. The van der Waals surface area contributed by atoms with Crippen molar-refractivity contribution in [2.75, 3.05) is 13.2 Å². The van der Waals surface area contributed by atoms with Crippen LogP contribution < -0.4 is 14.8 Å². The molecule has 1 aromatic carbocycles. The van der Waals surface area contributed by atoms with Crippen molar-refractivity contribution in [2.45, 2.75) is 46.3 Å². The van der Waals surface area contributed by atoms with E-state index in [-0.39, 0.29) is 11.6 Å². The maximum absolute atomic E-state index is 5.82. The van der Waals surface area contributed by atoms with Crippen LogP contribution in [0.1, 0.15) is 34.6 Å². The second-order valence-electron chi connectivity index (χ2n) is 5.46. The summed E-state index contributed by atoms with van der Waals surface area (Å²) in [6.45, 7) is 12.0. The van der Waals surface area contributed by atoms with Crippen LogP contribution in [0.4, 0.5) is 0 Å². The molecule has 0 saturated heterocycles. The number of hydrogen-bond acceptors (Lipinski definition) is 3. The van der Waals surface area contributed by atoms with Gasteiger partial charge in [0, 0.05) is 12.1 Å². The Morgan fingerprint density at radius 2 is 1.67 bits per heavy atom. The van der Waals surface area contributed by atoms with Crippen LogP contribution in [0.25, 0.3) is 0 Å². The second-order valence-corrected chi connectivity index (χ2v) is 5.46. The normalized spacial score (nSPS) is 13.2. The van der Waals surface area contributed by atoms with Gasteiger partial charge in [0.05, 0.1) is 6.61 Å². The van der Waals surface area contributed by atoms with Crippen molar-refractivity contribution in [2.24, 2.45) is 0 Å². The van der Waals surface area contributed by atoms with Crippen LogP contribution in [-0.2, 0) is 0 Å². The van der Waals surface area contributed by atoms with E-state index < -0.39 is 0 Å². The van der Waals surface area contributed by atoms with Gasteiger partial charge in [-0.25, -0.2) is 0 Å². The fourth-order valence-electron chi connectivity index (χ4n) is 1.50. The summed E-state index contributed by atoms with van der Waals surface area (Å²) in [4.78, 5) is 0. The van der Waals surface area contributed by atoms with E-state index in [0.717, 1.165) is 18.0 Å². The quantitative estimate of drug-likeness (QED) is 0.842. The van der Waals surface area contributed by atoms with E-state index in [0.29, 0.717) is 6.61 Å². The number of nitrogens with one attached hydrogen (secondary N) is 1. The van der Waals surface area contributed by atoms with Gasteiger partial charge in [-0.2, -0.15) is 0 Å². The Labute approximate surface area is 110 Å². The first-order valence-electron chi connectivity index (χ1n) is 6.55. The molecule has 1 aromatic rings. The largest absolute Gasteiger partial charge is 0.494 e. The molecule has 0 aromatic heterocycles. The van der Waals surface area contributed by atoms with Gasteiger partial charge in [0.1, 0.15) is 17.6 Å². The van der Waals surface area contributed by atoms with Crippen molar-refractivity contribution >= 4 is 0 Å². The number of benzene rings is 1. The minimum Gasteiger partial charge on any atom is -0.494 e. The van der Waals surface area contributed by atoms with E-state index in [2.05, 4.69) is 33.0 Å². The summed E-state index contributed by atoms with van der Waals surface area (Å²) < 4.78 is 11.2. The fourth-order valence-corrected chi connectivity index (χ4v) is 1.50. The minimum absolute atomic E-state index is 0.121. The summed E-state index contributed by atoms with van der Waals surface area (Å²) in [7, 11) is 0. The van der Waals surface area contributed by atoms with Gasteiger partial charge >= 0.3 is 0 Å². The van der Waals surface area contributed by atoms with Gasteiger partial charge in [0.15, 0.2) is 0 Å². The van der Waals surface area contributed by atoms with Crippen molar-refractivity contribution in [3.05, 3.63) is 24.3 Å². The van der Waals surface area contributed by atoms with Crippen LogP contribution in [0.2, 0.25) is 0 Å². The molecule has 1 rings (SSSR count). The highest BCUT2D eigenvalue weighted by atomic mass is 16.5. The molecule has 1 N–H and O–H groups in total. The zero-order chi connectivity index (χ0) is 13.6. The predicted octanol–water partition coefficient (Wildman–Crippen LogP) is 3.24. The number of hydrogen-bond donors (Lipinski definition) is 1. The molecule has 0 radical (unpaired) electrons. The Bertz CT molecular complexity index is 341. The van der Waals surface area contributed by atoms with Crippen molar-refractivity contribution in [3.63, 3.8) is 0 Å². The zero-order valence-corrected chi connectivity index (χ0v) is 12.1. The molecular weight excluding hydrogens is 226 g/mol. The molecule has 0 saturated carbocycles. The Hall–Kier alpha value is -1.22. The average Bonchev–Trinajstić information content (AvgIpc) is 2.29. The molecule has 0 spiro atoms. The van der Waals surface area contributed by atoms with Gasteiger partial charge in [0.2, 0.25) is 0 Å². The van der Waals surface area contributed by atoms with E-state index in [1.165, 1.54) is 0 Å². The topological polar surface area (TPSA) is 30.5 Å². The second kappa shape index (κ2) is 6.64. The lowest BCUT2D eigenvalue weighted by Gasteiger charge is -2.24.